The van der Waals surface area contributed by atoms with Crippen molar-refractivity contribution in [1.29, 1.82) is 0 Å². The number of H-pyrrole nitrogens is 1. The van der Waals surface area contributed by atoms with E-state index >= 15 is 0 Å². The number of nitrogens with one attached hydrogen (secondary N) is 1. The maximum absolute atomic E-state index is 11.8. The molecule has 1 aromatic rings. The van der Waals surface area contributed by atoms with Crippen molar-refractivity contribution in [3.63, 3.8) is 0 Å². The lowest BCUT2D eigenvalue weighted by Gasteiger charge is -2.29. The molecule has 6 nitrogen and oxygen atoms in total. The van der Waals surface area contributed by atoms with Crippen LogP contribution in [0.1, 0.15) is 18.4 Å². The molecule has 2 N–H and O–H groups in total. The molecule has 0 atom stereocenters. The molecule has 2 rings (SSSR count). The van der Waals surface area contributed by atoms with Crippen LogP contribution in [0.2, 0.25) is 0 Å². The van der Waals surface area contributed by atoms with Gasteiger partial charge in [-0.05, 0) is 12.8 Å². The van der Waals surface area contributed by atoms with Crippen molar-refractivity contribution in [3.8, 4) is 0 Å². The average molecular weight is 253 g/mol. The third-order valence-corrected chi connectivity index (χ3v) is 3.20. The number of anilines is 1. The number of hydrogen-bond acceptors (Lipinski definition) is 5. The summed E-state index contributed by atoms with van der Waals surface area (Å²) in [5, 5.41) is 9.44. The second-order valence-electron chi connectivity index (χ2n) is 4.52. The summed E-state index contributed by atoms with van der Waals surface area (Å²) < 4.78 is 4.94. The van der Waals surface area contributed by atoms with E-state index in [1.165, 1.54) is 0 Å². The summed E-state index contributed by atoms with van der Waals surface area (Å²) in [6, 6.07) is 0. The molecule has 0 aliphatic carbocycles. The number of aromatic amines is 1. The predicted octanol–water partition coefficient (Wildman–Crippen LogP) is -0.0801. The van der Waals surface area contributed by atoms with Gasteiger partial charge in [0.15, 0.2) is 0 Å². The molecule has 0 bridgehead atoms. The molecule has 100 valence electrons. The Hall–Kier alpha value is -1.40. The largest absolute Gasteiger partial charge is 0.393 e. The van der Waals surface area contributed by atoms with E-state index in [0.29, 0.717) is 24.5 Å². The number of nitrogens with zero attached hydrogens (tertiary/aromatic N) is 2. The van der Waals surface area contributed by atoms with Gasteiger partial charge in [0.1, 0.15) is 0 Å². The molecule has 0 amide bonds. The molecule has 1 aliphatic rings. The number of rotatable bonds is 4. The quantitative estimate of drug-likeness (QED) is 0.784. The molecule has 0 unspecified atom stereocenters. The highest BCUT2D eigenvalue weighted by atomic mass is 16.5. The number of aromatic nitrogens is 2. The van der Waals surface area contributed by atoms with Crippen molar-refractivity contribution in [1.82, 2.24) is 9.97 Å². The van der Waals surface area contributed by atoms with Gasteiger partial charge in [0.05, 0.1) is 12.7 Å². The summed E-state index contributed by atoms with van der Waals surface area (Å²) in [5.41, 5.74) is 0.529. The SMILES string of the molecule is COCCc1cnc(N2CCC(O)CC2)[nH]c1=O. The van der Waals surface area contributed by atoms with Gasteiger partial charge >= 0.3 is 0 Å². The van der Waals surface area contributed by atoms with Gasteiger partial charge in [-0.25, -0.2) is 4.98 Å². The highest BCUT2D eigenvalue weighted by Crippen LogP contribution is 2.14. The minimum absolute atomic E-state index is 0.108. The third-order valence-electron chi connectivity index (χ3n) is 3.20. The van der Waals surface area contributed by atoms with E-state index in [0.717, 1.165) is 25.9 Å². The monoisotopic (exact) mass is 253 g/mol. The van der Waals surface area contributed by atoms with E-state index in [9.17, 15) is 9.90 Å². The van der Waals surface area contributed by atoms with E-state index < -0.39 is 0 Å². The van der Waals surface area contributed by atoms with Crippen LogP contribution in [-0.4, -0.2) is 48.0 Å². The minimum atomic E-state index is -0.228. The summed E-state index contributed by atoms with van der Waals surface area (Å²) in [6.45, 7) is 1.96. The van der Waals surface area contributed by atoms with Gasteiger partial charge in [0.25, 0.3) is 5.56 Å². The van der Waals surface area contributed by atoms with Crippen LogP contribution in [0.5, 0.6) is 0 Å². The normalized spacial score (nSPS) is 17.1. The van der Waals surface area contributed by atoms with Gasteiger partial charge in [-0.2, -0.15) is 0 Å². The Balaban J connectivity index is 2.06. The van der Waals surface area contributed by atoms with Crippen LogP contribution in [0.25, 0.3) is 0 Å². The summed E-state index contributed by atoms with van der Waals surface area (Å²) in [6.07, 6.45) is 3.38. The van der Waals surface area contributed by atoms with Crippen LogP contribution < -0.4 is 10.5 Å². The zero-order valence-electron chi connectivity index (χ0n) is 10.6. The summed E-state index contributed by atoms with van der Waals surface area (Å²) in [4.78, 5) is 20.9. The maximum atomic E-state index is 11.8. The zero-order chi connectivity index (χ0) is 13.0. The Bertz CT molecular complexity index is 438. The lowest BCUT2D eigenvalue weighted by molar-refractivity contribution is 0.145. The molecule has 6 heteroatoms. The van der Waals surface area contributed by atoms with Crippen LogP contribution in [0.4, 0.5) is 5.95 Å². The molecular weight excluding hydrogens is 234 g/mol. The molecule has 0 spiro atoms. The highest BCUT2D eigenvalue weighted by molar-refractivity contribution is 5.30. The number of ether oxygens (including phenoxy) is 1. The van der Waals surface area contributed by atoms with Gasteiger partial charge in [-0.3, -0.25) is 9.78 Å². The second-order valence-corrected chi connectivity index (χ2v) is 4.52. The summed E-state index contributed by atoms with van der Waals surface area (Å²) in [7, 11) is 1.61. The van der Waals surface area contributed by atoms with Crippen molar-refractivity contribution < 1.29 is 9.84 Å². The molecule has 0 aromatic carbocycles. The molecule has 2 heterocycles. The van der Waals surface area contributed by atoms with E-state index in [2.05, 4.69) is 9.97 Å². The Morgan fingerprint density at radius 3 is 2.89 bits per heavy atom. The smallest absolute Gasteiger partial charge is 0.255 e. The van der Waals surface area contributed by atoms with E-state index in [1.54, 1.807) is 13.3 Å². The fourth-order valence-corrected chi connectivity index (χ4v) is 2.04. The lowest BCUT2D eigenvalue weighted by atomic mass is 10.1. The van der Waals surface area contributed by atoms with Gasteiger partial charge in [-0.1, -0.05) is 0 Å². The van der Waals surface area contributed by atoms with Crippen molar-refractivity contribution in [2.24, 2.45) is 0 Å². The highest BCUT2D eigenvalue weighted by Gasteiger charge is 2.18. The second kappa shape index (κ2) is 5.97. The van der Waals surface area contributed by atoms with Crippen LogP contribution in [0.15, 0.2) is 11.0 Å². The lowest BCUT2D eigenvalue weighted by Crippen LogP contribution is -2.38. The average Bonchev–Trinajstić information content (AvgIpc) is 2.38. The topological polar surface area (TPSA) is 78.5 Å². The van der Waals surface area contributed by atoms with Crippen LogP contribution in [0, 0.1) is 0 Å². The number of aliphatic hydroxyl groups is 1. The Morgan fingerprint density at radius 1 is 1.56 bits per heavy atom. The fourth-order valence-electron chi connectivity index (χ4n) is 2.04. The zero-order valence-corrected chi connectivity index (χ0v) is 10.6. The number of methoxy groups -OCH3 is 1. The number of piperidine rings is 1. The standard InChI is InChI=1S/C12H19N3O3/c1-18-7-4-9-8-13-12(14-11(9)17)15-5-2-10(16)3-6-15/h8,10,16H,2-7H2,1H3,(H,13,14,17). The number of aliphatic hydroxyl groups excluding tert-OH is 1. The Morgan fingerprint density at radius 2 is 2.28 bits per heavy atom. The first-order valence-electron chi connectivity index (χ1n) is 6.21. The molecule has 0 saturated carbocycles. The first-order chi connectivity index (χ1) is 8.70. The fraction of sp³-hybridized carbons (Fsp3) is 0.667. The van der Waals surface area contributed by atoms with Crippen molar-refractivity contribution in [3.05, 3.63) is 22.1 Å². The molecule has 1 saturated heterocycles. The van der Waals surface area contributed by atoms with E-state index in [1.807, 2.05) is 4.90 Å². The Labute approximate surface area is 106 Å². The van der Waals surface area contributed by atoms with Crippen LogP contribution in [-0.2, 0) is 11.2 Å². The van der Waals surface area contributed by atoms with Gasteiger partial charge < -0.3 is 14.7 Å². The Kier molecular flexibility index (Phi) is 4.33. The van der Waals surface area contributed by atoms with Crippen LogP contribution in [0.3, 0.4) is 0 Å². The molecule has 1 fully saturated rings. The number of hydrogen-bond donors (Lipinski definition) is 2. The maximum Gasteiger partial charge on any atom is 0.255 e. The predicted molar refractivity (Wildman–Crippen MR) is 67.9 cm³/mol. The third kappa shape index (κ3) is 3.08. The van der Waals surface area contributed by atoms with Gasteiger partial charge in [-0.15, -0.1) is 0 Å². The van der Waals surface area contributed by atoms with Crippen molar-refractivity contribution >= 4 is 5.95 Å². The summed E-state index contributed by atoms with van der Waals surface area (Å²) >= 11 is 0. The first kappa shape index (κ1) is 13.0. The minimum Gasteiger partial charge on any atom is -0.393 e. The van der Waals surface area contributed by atoms with Crippen LogP contribution >= 0.6 is 0 Å². The molecule has 18 heavy (non-hydrogen) atoms. The molecule has 1 aliphatic heterocycles. The first-order valence-corrected chi connectivity index (χ1v) is 6.21. The molecule has 0 radical (unpaired) electrons. The van der Waals surface area contributed by atoms with Gasteiger partial charge in [0.2, 0.25) is 5.95 Å². The summed E-state index contributed by atoms with van der Waals surface area (Å²) in [5.74, 6) is 0.591. The molecule has 1 aromatic heterocycles. The van der Waals surface area contributed by atoms with E-state index in [-0.39, 0.29) is 11.7 Å². The van der Waals surface area contributed by atoms with E-state index in [4.69, 9.17) is 4.74 Å². The molecular formula is C12H19N3O3. The van der Waals surface area contributed by atoms with Gasteiger partial charge in [0, 0.05) is 38.4 Å². The van der Waals surface area contributed by atoms with Crippen molar-refractivity contribution in [2.75, 3.05) is 31.7 Å². The van der Waals surface area contributed by atoms with Crippen molar-refractivity contribution in [2.45, 2.75) is 25.4 Å².